The smallest absolute Gasteiger partial charge is 0.416 e. The Labute approximate surface area is 165 Å². The molecule has 0 aromatic heterocycles. The zero-order valence-electron chi connectivity index (χ0n) is 15.8. The molecule has 0 heterocycles. The Morgan fingerprint density at radius 3 is 2.17 bits per heavy atom. The van der Waals surface area contributed by atoms with Gasteiger partial charge in [-0.1, -0.05) is 30.3 Å². The van der Waals surface area contributed by atoms with Gasteiger partial charge in [-0.2, -0.15) is 26.3 Å². The number of alkyl halides is 6. The van der Waals surface area contributed by atoms with Gasteiger partial charge in [0.2, 0.25) is 0 Å². The van der Waals surface area contributed by atoms with Gasteiger partial charge in [0.05, 0.1) is 19.2 Å². The molecular formula is C20H22F6N2O. The Bertz CT molecular complexity index is 759. The molecule has 0 atom stereocenters. The monoisotopic (exact) mass is 420 g/mol. The first-order valence-electron chi connectivity index (χ1n) is 8.86. The van der Waals surface area contributed by atoms with Crippen molar-refractivity contribution in [2.45, 2.75) is 25.4 Å². The SMILES string of the molecule is COc1ccc(CN(CCNCc2ccccc2C(F)(F)F)CC(F)(F)F)cc1. The molecule has 2 aromatic rings. The number of halogens is 6. The van der Waals surface area contributed by atoms with E-state index in [1.807, 2.05) is 0 Å². The van der Waals surface area contributed by atoms with Crippen LogP contribution < -0.4 is 10.1 Å². The van der Waals surface area contributed by atoms with Crippen LogP contribution in [0, 0.1) is 0 Å². The molecule has 0 aliphatic rings. The molecule has 3 nitrogen and oxygen atoms in total. The first-order chi connectivity index (χ1) is 13.6. The lowest BCUT2D eigenvalue weighted by atomic mass is 10.1. The van der Waals surface area contributed by atoms with E-state index in [1.54, 1.807) is 24.3 Å². The van der Waals surface area contributed by atoms with E-state index >= 15 is 0 Å². The molecule has 9 heteroatoms. The van der Waals surface area contributed by atoms with E-state index < -0.39 is 24.5 Å². The fourth-order valence-electron chi connectivity index (χ4n) is 2.87. The van der Waals surface area contributed by atoms with Crippen molar-refractivity contribution in [3.63, 3.8) is 0 Å². The first-order valence-corrected chi connectivity index (χ1v) is 8.86. The highest BCUT2D eigenvalue weighted by Crippen LogP contribution is 2.31. The lowest BCUT2D eigenvalue weighted by Gasteiger charge is -2.24. The van der Waals surface area contributed by atoms with E-state index in [9.17, 15) is 26.3 Å². The molecular weight excluding hydrogens is 398 g/mol. The van der Waals surface area contributed by atoms with Gasteiger partial charge in [0.15, 0.2) is 0 Å². The maximum atomic E-state index is 13.0. The molecule has 0 bridgehead atoms. The van der Waals surface area contributed by atoms with E-state index in [1.165, 1.54) is 30.2 Å². The lowest BCUT2D eigenvalue weighted by Crippen LogP contribution is -2.38. The average molecular weight is 420 g/mol. The predicted molar refractivity (Wildman–Crippen MR) is 97.5 cm³/mol. The molecule has 29 heavy (non-hydrogen) atoms. The molecule has 1 N–H and O–H groups in total. The predicted octanol–water partition coefficient (Wildman–Crippen LogP) is 4.87. The molecule has 0 radical (unpaired) electrons. The topological polar surface area (TPSA) is 24.5 Å². The van der Waals surface area contributed by atoms with E-state index in [4.69, 9.17) is 4.74 Å². The molecule has 0 spiro atoms. The van der Waals surface area contributed by atoms with Gasteiger partial charge >= 0.3 is 12.4 Å². The Morgan fingerprint density at radius 1 is 0.931 bits per heavy atom. The minimum Gasteiger partial charge on any atom is -0.497 e. The molecule has 0 amide bonds. The van der Waals surface area contributed by atoms with E-state index in [0.717, 1.165) is 6.07 Å². The summed E-state index contributed by atoms with van der Waals surface area (Å²) in [5.74, 6) is 0.598. The highest BCUT2D eigenvalue weighted by atomic mass is 19.4. The quantitative estimate of drug-likeness (QED) is 0.463. The highest BCUT2D eigenvalue weighted by molar-refractivity contribution is 5.29. The number of hydrogen-bond donors (Lipinski definition) is 1. The minimum atomic E-state index is -4.48. The Balaban J connectivity index is 1.94. The lowest BCUT2D eigenvalue weighted by molar-refractivity contribution is -0.147. The van der Waals surface area contributed by atoms with Gasteiger partial charge in [-0.25, -0.2) is 0 Å². The van der Waals surface area contributed by atoms with Crippen LogP contribution in [0.5, 0.6) is 5.75 Å². The van der Waals surface area contributed by atoms with Crippen LogP contribution in [0.3, 0.4) is 0 Å². The molecule has 0 aliphatic carbocycles. The van der Waals surface area contributed by atoms with Crippen molar-refractivity contribution >= 4 is 0 Å². The number of hydrogen-bond acceptors (Lipinski definition) is 3. The number of methoxy groups -OCH3 is 1. The molecule has 160 valence electrons. The fraction of sp³-hybridized carbons (Fsp3) is 0.400. The molecule has 2 aromatic carbocycles. The fourth-order valence-corrected chi connectivity index (χ4v) is 2.87. The molecule has 0 saturated carbocycles. The minimum absolute atomic E-state index is 0.0275. The van der Waals surface area contributed by atoms with Gasteiger partial charge < -0.3 is 10.1 Å². The maximum absolute atomic E-state index is 13.0. The summed E-state index contributed by atoms with van der Waals surface area (Å²) >= 11 is 0. The van der Waals surface area contributed by atoms with Crippen molar-refractivity contribution in [3.05, 3.63) is 65.2 Å². The summed E-state index contributed by atoms with van der Waals surface area (Å²) in [6.45, 7) is -1.000. The van der Waals surface area contributed by atoms with Crippen molar-refractivity contribution in [2.24, 2.45) is 0 Å². The molecule has 0 aliphatic heterocycles. The largest absolute Gasteiger partial charge is 0.497 e. The third-order valence-corrected chi connectivity index (χ3v) is 4.21. The summed E-state index contributed by atoms with van der Waals surface area (Å²) in [6.07, 6.45) is -8.86. The van der Waals surface area contributed by atoms with E-state index in [0.29, 0.717) is 11.3 Å². The van der Waals surface area contributed by atoms with Gasteiger partial charge in [0, 0.05) is 26.2 Å². The second-order valence-electron chi connectivity index (χ2n) is 6.51. The van der Waals surface area contributed by atoms with Gasteiger partial charge in [-0.3, -0.25) is 4.90 Å². The number of rotatable bonds is 9. The average Bonchev–Trinajstić information content (AvgIpc) is 2.64. The van der Waals surface area contributed by atoms with Crippen LogP contribution in [0.4, 0.5) is 26.3 Å². The van der Waals surface area contributed by atoms with Crippen LogP contribution in [-0.4, -0.2) is 37.8 Å². The Hall–Kier alpha value is -2.26. The molecule has 0 fully saturated rings. The summed E-state index contributed by atoms with van der Waals surface area (Å²) in [7, 11) is 1.49. The van der Waals surface area contributed by atoms with Crippen molar-refractivity contribution in [1.82, 2.24) is 10.2 Å². The van der Waals surface area contributed by atoms with Crippen LogP contribution >= 0.6 is 0 Å². The highest BCUT2D eigenvalue weighted by Gasteiger charge is 2.33. The number of benzene rings is 2. The van der Waals surface area contributed by atoms with E-state index in [2.05, 4.69) is 5.32 Å². The Morgan fingerprint density at radius 2 is 1.59 bits per heavy atom. The second-order valence-corrected chi connectivity index (χ2v) is 6.51. The zero-order chi connectivity index (χ0) is 21.5. The Kier molecular flexibility index (Phi) is 7.92. The number of nitrogens with one attached hydrogen (secondary N) is 1. The summed E-state index contributed by atoms with van der Waals surface area (Å²) in [6, 6.07) is 11.8. The molecule has 2 rings (SSSR count). The first kappa shape index (κ1) is 23.0. The molecule has 0 saturated heterocycles. The van der Waals surface area contributed by atoms with Gasteiger partial charge in [0.25, 0.3) is 0 Å². The van der Waals surface area contributed by atoms with Crippen LogP contribution in [0.25, 0.3) is 0 Å². The van der Waals surface area contributed by atoms with Crippen LogP contribution in [0.1, 0.15) is 16.7 Å². The third kappa shape index (κ3) is 7.94. The third-order valence-electron chi connectivity index (χ3n) is 4.21. The van der Waals surface area contributed by atoms with Gasteiger partial charge in [-0.05, 0) is 29.3 Å². The normalized spacial score (nSPS) is 12.4. The number of ether oxygens (including phenoxy) is 1. The maximum Gasteiger partial charge on any atom is 0.416 e. The number of nitrogens with zero attached hydrogens (tertiary/aromatic N) is 1. The van der Waals surface area contributed by atoms with Gasteiger partial charge in [-0.15, -0.1) is 0 Å². The summed E-state index contributed by atoms with van der Waals surface area (Å²) in [4.78, 5) is 1.20. The van der Waals surface area contributed by atoms with Crippen LogP contribution in [0.2, 0.25) is 0 Å². The standard InChI is InChI=1S/C20H22F6N2O/c1-29-17-8-6-15(7-9-17)13-28(14-19(21,22)23)11-10-27-12-16-4-2-3-5-18(16)20(24,25)26/h2-9,27H,10-14H2,1H3. The van der Waals surface area contributed by atoms with Gasteiger partial charge in [0.1, 0.15) is 5.75 Å². The van der Waals surface area contributed by atoms with Crippen LogP contribution in [0.15, 0.2) is 48.5 Å². The van der Waals surface area contributed by atoms with Crippen LogP contribution in [-0.2, 0) is 19.3 Å². The van der Waals surface area contributed by atoms with Crippen molar-refractivity contribution in [2.75, 3.05) is 26.7 Å². The summed E-state index contributed by atoms with van der Waals surface area (Å²) in [5, 5.41) is 2.81. The van der Waals surface area contributed by atoms with Crippen molar-refractivity contribution in [3.8, 4) is 5.75 Å². The van der Waals surface area contributed by atoms with E-state index in [-0.39, 0.29) is 31.7 Å². The summed E-state index contributed by atoms with van der Waals surface area (Å²) in [5.41, 5.74) is -0.0205. The summed E-state index contributed by atoms with van der Waals surface area (Å²) < 4.78 is 82.7. The van der Waals surface area contributed by atoms with Crippen molar-refractivity contribution in [1.29, 1.82) is 0 Å². The second kappa shape index (κ2) is 9.98. The van der Waals surface area contributed by atoms with Crippen molar-refractivity contribution < 1.29 is 31.1 Å². The zero-order valence-corrected chi connectivity index (χ0v) is 15.8. The molecule has 0 unspecified atom stereocenters.